The molecule has 15 heavy (non-hydrogen) atoms. The van der Waals surface area contributed by atoms with Crippen LogP contribution in [0.2, 0.25) is 0 Å². The van der Waals surface area contributed by atoms with Crippen LogP contribution < -0.4 is 5.73 Å². The molecule has 0 aromatic rings. The Labute approximate surface area is 88.0 Å². The van der Waals surface area contributed by atoms with E-state index in [4.69, 9.17) is 15.6 Å². The normalized spacial score (nSPS) is 20.7. The number of hydrogen-bond donors (Lipinski definition) is 2. The van der Waals surface area contributed by atoms with Crippen molar-refractivity contribution < 1.29 is 19.4 Å². The van der Waals surface area contributed by atoms with Crippen LogP contribution in [0.5, 0.6) is 0 Å². The van der Waals surface area contributed by atoms with Crippen molar-refractivity contribution in [3.8, 4) is 0 Å². The topological polar surface area (TPSA) is 92.9 Å². The van der Waals surface area contributed by atoms with E-state index in [1.807, 2.05) is 0 Å². The molecular weight excluding hydrogens is 200 g/mol. The summed E-state index contributed by atoms with van der Waals surface area (Å²) < 4.78 is 5.36. The Bertz CT molecular complexity index is 222. The molecule has 0 spiro atoms. The number of amides is 1. The highest BCUT2D eigenvalue weighted by Gasteiger charge is 2.21. The molecule has 1 rings (SSSR count). The fourth-order valence-electron chi connectivity index (χ4n) is 1.67. The van der Waals surface area contributed by atoms with Gasteiger partial charge in [-0.25, -0.2) is 0 Å². The number of ether oxygens (including phenoxy) is 1. The first kappa shape index (κ1) is 11.9. The minimum absolute atomic E-state index is 0.0312. The third-order valence-corrected chi connectivity index (χ3v) is 2.22. The van der Waals surface area contributed by atoms with Crippen LogP contribution in [0.1, 0.15) is 12.8 Å². The number of nitrogens with zero attached hydrogens (tertiary/aromatic N) is 1. The van der Waals surface area contributed by atoms with Crippen LogP contribution in [0.3, 0.4) is 0 Å². The number of carboxylic acid groups (broad SMARTS) is 1. The summed E-state index contributed by atoms with van der Waals surface area (Å²) in [6.07, 6.45) is 1.93. The van der Waals surface area contributed by atoms with Crippen molar-refractivity contribution in [1.82, 2.24) is 4.90 Å². The molecule has 0 aliphatic carbocycles. The summed E-state index contributed by atoms with van der Waals surface area (Å²) in [6.45, 7) is 0.951. The van der Waals surface area contributed by atoms with Crippen LogP contribution >= 0.6 is 0 Å². The lowest BCUT2D eigenvalue weighted by Crippen LogP contribution is -2.41. The average molecular weight is 216 g/mol. The predicted octanol–water partition coefficient (Wildman–Crippen LogP) is -0.963. The second-order valence-electron chi connectivity index (χ2n) is 3.66. The van der Waals surface area contributed by atoms with E-state index in [1.165, 1.54) is 4.90 Å². The highest BCUT2D eigenvalue weighted by molar-refractivity contribution is 5.77. The standard InChI is InChI=1S/C9H16N2O4/c10-8(12)5-11(6-9(13)14)4-7-2-1-3-15-7/h7H,1-6H2,(H2,10,12)(H,13,14). The zero-order valence-corrected chi connectivity index (χ0v) is 8.52. The molecule has 1 saturated heterocycles. The first-order chi connectivity index (χ1) is 7.08. The van der Waals surface area contributed by atoms with Crippen LogP contribution in [-0.4, -0.2) is 54.2 Å². The molecule has 3 N–H and O–H groups in total. The van der Waals surface area contributed by atoms with Gasteiger partial charge in [-0.05, 0) is 12.8 Å². The summed E-state index contributed by atoms with van der Waals surface area (Å²) in [5.41, 5.74) is 5.03. The Hall–Kier alpha value is -1.14. The van der Waals surface area contributed by atoms with Gasteiger partial charge in [-0.15, -0.1) is 0 Å². The molecule has 0 radical (unpaired) electrons. The third-order valence-electron chi connectivity index (χ3n) is 2.22. The molecule has 0 aromatic heterocycles. The molecule has 1 unspecified atom stereocenters. The number of carbonyl (C=O) groups excluding carboxylic acids is 1. The van der Waals surface area contributed by atoms with E-state index in [-0.39, 0.29) is 19.2 Å². The van der Waals surface area contributed by atoms with E-state index in [1.54, 1.807) is 0 Å². The van der Waals surface area contributed by atoms with Gasteiger partial charge in [0.25, 0.3) is 0 Å². The SMILES string of the molecule is NC(=O)CN(CC(=O)O)CC1CCCO1. The maximum Gasteiger partial charge on any atom is 0.317 e. The lowest BCUT2D eigenvalue weighted by Gasteiger charge is -2.21. The quantitative estimate of drug-likeness (QED) is 0.596. The molecule has 1 amide bonds. The molecule has 6 nitrogen and oxygen atoms in total. The Morgan fingerprint density at radius 1 is 1.47 bits per heavy atom. The molecule has 1 fully saturated rings. The first-order valence-electron chi connectivity index (χ1n) is 4.92. The number of primary amides is 1. The lowest BCUT2D eigenvalue weighted by atomic mass is 10.2. The number of carbonyl (C=O) groups is 2. The largest absolute Gasteiger partial charge is 0.480 e. The van der Waals surface area contributed by atoms with Gasteiger partial charge in [0.15, 0.2) is 0 Å². The van der Waals surface area contributed by atoms with Crippen LogP contribution in [-0.2, 0) is 14.3 Å². The Balaban J connectivity index is 2.39. The molecule has 0 bridgehead atoms. The summed E-state index contributed by atoms with van der Waals surface area (Å²) in [4.78, 5) is 22.7. The summed E-state index contributed by atoms with van der Waals surface area (Å²) in [5.74, 6) is -1.48. The second kappa shape index (κ2) is 5.67. The number of nitrogens with two attached hydrogens (primary N) is 1. The molecule has 0 saturated carbocycles. The molecule has 1 heterocycles. The molecule has 1 aliphatic heterocycles. The van der Waals surface area contributed by atoms with Gasteiger partial charge in [0.2, 0.25) is 5.91 Å². The van der Waals surface area contributed by atoms with Crippen LogP contribution in [0, 0.1) is 0 Å². The highest BCUT2D eigenvalue weighted by atomic mass is 16.5. The van der Waals surface area contributed by atoms with E-state index >= 15 is 0 Å². The van der Waals surface area contributed by atoms with E-state index in [2.05, 4.69) is 0 Å². The Morgan fingerprint density at radius 3 is 2.67 bits per heavy atom. The number of hydrogen-bond acceptors (Lipinski definition) is 4. The van der Waals surface area contributed by atoms with E-state index in [9.17, 15) is 9.59 Å². The highest BCUT2D eigenvalue weighted by Crippen LogP contribution is 2.12. The Kier molecular flexibility index (Phi) is 4.51. The first-order valence-corrected chi connectivity index (χ1v) is 4.92. The van der Waals surface area contributed by atoms with Gasteiger partial charge in [-0.1, -0.05) is 0 Å². The van der Waals surface area contributed by atoms with Crippen LogP contribution in [0.4, 0.5) is 0 Å². The zero-order chi connectivity index (χ0) is 11.3. The van der Waals surface area contributed by atoms with Crippen molar-refractivity contribution in [1.29, 1.82) is 0 Å². The van der Waals surface area contributed by atoms with Gasteiger partial charge < -0.3 is 15.6 Å². The second-order valence-corrected chi connectivity index (χ2v) is 3.66. The maximum absolute atomic E-state index is 10.7. The van der Waals surface area contributed by atoms with Crippen LogP contribution in [0.25, 0.3) is 0 Å². The molecule has 0 aromatic carbocycles. The van der Waals surface area contributed by atoms with Gasteiger partial charge in [0.1, 0.15) is 0 Å². The molecule has 6 heteroatoms. The van der Waals surface area contributed by atoms with Gasteiger partial charge in [-0.3, -0.25) is 14.5 Å². The van der Waals surface area contributed by atoms with Gasteiger partial charge >= 0.3 is 5.97 Å². The van der Waals surface area contributed by atoms with Crippen molar-refractivity contribution >= 4 is 11.9 Å². The molecule has 86 valence electrons. The molecule has 1 atom stereocenters. The number of carboxylic acids is 1. The van der Waals surface area contributed by atoms with Gasteiger partial charge in [-0.2, -0.15) is 0 Å². The third kappa shape index (κ3) is 4.75. The molecule has 1 aliphatic rings. The monoisotopic (exact) mass is 216 g/mol. The summed E-state index contributed by atoms with van der Waals surface area (Å²) in [7, 11) is 0. The lowest BCUT2D eigenvalue weighted by molar-refractivity contribution is -0.139. The van der Waals surface area contributed by atoms with Gasteiger partial charge in [0, 0.05) is 13.2 Å². The summed E-state index contributed by atoms with van der Waals surface area (Å²) in [5, 5.41) is 8.64. The average Bonchev–Trinajstić information content (AvgIpc) is 2.53. The number of rotatable bonds is 6. The van der Waals surface area contributed by atoms with Gasteiger partial charge in [0.05, 0.1) is 19.2 Å². The summed E-state index contributed by atoms with van der Waals surface area (Å²) >= 11 is 0. The number of aliphatic carboxylic acids is 1. The minimum atomic E-state index is -0.964. The smallest absolute Gasteiger partial charge is 0.317 e. The van der Waals surface area contributed by atoms with E-state index < -0.39 is 11.9 Å². The van der Waals surface area contributed by atoms with Crippen molar-refractivity contribution in [3.63, 3.8) is 0 Å². The zero-order valence-electron chi connectivity index (χ0n) is 8.52. The van der Waals surface area contributed by atoms with E-state index in [0.29, 0.717) is 13.2 Å². The van der Waals surface area contributed by atoms with Crippen molar-refractivity contribution in [2.75, 3.05) is 26.2 Å². The fourth-order valence-corrected chi connectivity index (χ4v) is 1.67. The predicted molar refractivity (Wildman–Crippen MR) is 52.2 cm³/mol. The molecular formula is C9H16N2O4. The summed E-state index contributed by atoms with van der Waals surface area (Å²) in [6, 6.07) is 0. The minimum Gasteiger partial charge on any atom is -0.480 e. The fraction of sp³-hybridized carbons (Fsp3) is 0.778. The van der Waals surface area contributed by atoms with Crippen LogP contribution in [0.15, 0.2) is 0 Å². The Morgan fingerprint density at radius 2 is 2.20 bits per heavy atom. The van der Waals surface area contributed by atoms with Crippen molar-refractivity contribution in [2.45, 2.75) is 18.9 Å². The van der Waals surface area contributed by atoms with Crippen molar-refractivity contribution in [3.05, 3.63) is 0 Å². The maximum atomic E-state index is 10.7. The van der Waals surface area contributed by atoms with Crippen molar-refractivity contribution in [2.24, 2.45) is 5.73 Å². The van der Waals surface area contributed by atoms with E-state index in [0.717, 1.165) is 12.8 Å².